The molecule has 0 heterocycles. The molecule has 0 radical (unpaired) electrons. The summed E-state index contributed by atoms with van der Waals surface area (Å²) in [4.78, 5) is 23.3. The van der Waals surface area contributed by atoms with E-state index in [1.165, 1.54) is 21.6 Å². The first kappa shape index (κ1) is 16.5. The minimum Gasteiger partial charge on any atom is -0.450 e. The van der Waals surface area contributed by atoms with E-state index in [0.717, 1.165) is 0 Å². The molecule has 2 rings (SSSR count). The van der Waals surface area contributed by atoms with Crippen LogP contribution < -0.4 is 0 Å². The second kappa shape index (κ2) is 9.17. The van der Waals surface area contributed by atoms with Gasteiger partial charge >= 0.3 is 11.9 Å². The van der Waals surface area contributed by atoms with Crippen molar-refractivity contribution < 1.29 is 19.1 Å². The first-order valence-electron chi connectivity index (χ1n) is 6.46. The molecule has 0 spiro atoms. The minimum absolute atomic E-state index is 0.196. The molecule has 0 N–H and O–H groups in total. The zero-order valence-corrected chi connectivity index (χ0v) is 13.3. The maximum absolute atomic E-state index is 11.6. The summed E-state index contributed by atoms with van der Waals surface area (Å²) in [5.41, 5.74) is 1.03. The van der Waals surface area contributed by atoms with Crippen molar-refractivity contribution in [3.8, 4) is 0 Å². The molecule has 114 valence electrons. The molecule has 0 aliphatic heterocycles. The molecule has 4 nitrogen and oxygen atoms in total. The lowest BCUT2D eigenvalue weighted by Crippen LogP contribution is -2.05. The van der Waals surface area contributed by atoms with Gasteiger partial charge in [0.15, 0.2) is 0 Å². The summed E-state index contributed by atoms with van der Waals surface area (Å²) < 4.78 is 10.2. The van der Waals surface area contributed by atoms with E-state index in [1.807, 2.05) is 12.1 Å². The van der Waals surface area contributed by atoms with E-state index < -0.39 is 0 Å². The van der Waals surface area contributed by atoms with Crippen LogP contribution in [0.1, 0.15) is 20.7 Å². The molecule has 0 aromatic heterocycles. The van der Waals surface area contributed by atoms with Crippen LogP contribution in [0.15, 0.2) is 60.7 Å². The highest BCUT2D eigenvalue weighted by atomic mass is 33.1. The van der Waals surface area contributed by atoms with Crippen LogP contribution >= 0.6 is 21.6 Å². The van der Waals surface area contributed by atoms with E-state index in [4.69, 9.17) is 9.47 Å². The normalized spacial score (nSPS) is 10.0. The molecule has 6 heteroatoms. The summed E-state index contributed by atoms with van der Waals surface area (Å²) >= 11 is 0. The van der Waals surface area contributed by atoms with E-state index in [2.05, 4.69) is 0 Å². The number of benzene rings is 2. The summed E-state index contributed by atoms with van der Waals surface area (Å²) in [5.74, 6) is -0.340. The van der Waals surface area contributed by atoms with Gasteiger partial charge in [0.05, 0.1) is 11.1 Å². The Morgan fingerprint density at radius 2 is 1.05 bits per heavy atom. The Labute approximate surface area is 136 Å². The number of esters is 2. The van der Waals surface area contributed by atoms with Gasteiger partial charge < -0.3 is 9.47 Å². The lowest BCUT2D eigenvalue weighted by Gasteiger charge is -2.05. The Hall–Kier alpha value is -1.92. The molecule has 0 saturated carbocycles. The zero-order chi connectivity index (χ0) is 15.6. The van der Waals surface area contributed by atoms with E-state index in [9.17, 15) is 9.59 Å². The monoisotopic (exact) mass is 334 g/mol. The smallest absolute Gasteiger partial charge is 0.338 e. The molecule has 0 saturated heterocycles. The molecule has 2 aromatic carbocycles. The van der Waals surface area contributed by atoms with Gasteiger partial charge in [0.2, 0.25) is 0 Å². The number of rotatable bonds is 7. The van der Waals surface area contributed by atoms with Gasteiger partial charge in [-0.05, 0) is 45.9 Å². The first-order valence-corrected chi connectivity index (χ1v) is 8.95. The summed E-state index contributed by atoms with van der Waals surface area (Å²) in [6, 6.07) is 17.6. The molecule has 22 heavy (non-hydrogen) atoms. The van der Waals surface area contributed by atoms with Crippen LogP contribution in [0.25, 0.3) is 0 Å². The van der Waals surface area contributed by atoms with Gasteiger partial charge in [-0.1, -0.05) is 36.4 Å². The molecule has 0 bridgehead atoms. The lowest BCUT2D eigenvalue weighted by atomic mass is 10.2. The van der Waals surface area contributed by atoms with Gasteiger partial charge in [-0.2, -0.15) is 0 Å². The van der Waals surface area contributed by atoms with Gasteiger partial charge in [0.1, 0.15) is 11.9 Å². The standard InChI is InChI=1S/C16H14O4S2/c17-15(13-7-3-1-4-8-13)19-11-21-22-12-20-16(18)14-9-5-2-6-10-14/h1-10H,11-12H2. The van der Waals surface area contributed by atoms with Gasteiger partial charge in [0.25, 0.3) is 0 Å². The van der Waals surface area contributed by atoms with Crippen molar-refractivity contribution in [2.45, 2.75) is 0 Å². The molecule has 2 aromatic rings. The minimum atomic E-state index is -0.366. The van der Waals surface area contributed by atoms with Crippen LogP contribution in [0, 0.1) is 0 Å². The number of hydrogen-bond acceptors (Lipinski definition) is 6. The Kier molecular flexibility index (Phi) is 6.86. The molecule has 0 fully saturated rings. The SMILES string of the molecule is O=C(OCSSCOC(=O)c1ccccc1)c1ccccc1. The van der Waals surface area contributed by atoms with E-state index >= 15 is 0 Å². The third kappa shape index (κ3) is 5.46. The number of carbonyl (C=O) groups is 2. The average Bonchev–Trinajstić information content (AvgIpc) is 2.59. The van der Waals surface area contributed by atoms with Crippen molar-refractivity contribution in [3.05, 3.63) is 71.8 Å². The predicted molar refractivity (Wildman–Crippen MR) is 88.6 cm³/mol. The molecule has 0 atom stereocenters. The van der Waals surface area contributed by atoms with Gasteiger partial charge in [-0.3, -0.25) is 0 Å². The largest absolute Gasteiger partial charge is 0.450 e. The summed E-state index contributed by atoms with van der Waals surface area (Å²) in [7, 11) is 2.62. The molecule has 0 amide bonds. The second-order valence-electron chi connectivity index (χ2n) is 4.07. The highest BCUT2D eigenvalue weighted by Gasteiger charge is 2.07. The van der Waals surface area contributed by atoms with Crippen LogP contribution in [0.3, 0.4) is 0 Å². The lowest BCUT2D eigenvalue weighted by molar-refractivity contribution is 0.0568. The maximum atomic E-state index is 11.6. The highest BCUT2D eigenvalue weighted by Crippen LogP contribution is 2.22. The second-order valence-corrected chi connectivity index (χ2v) is 6.42. The third-order valence-corrected chi connectivity index (χ3v) is 4.25. The molecular formula is C16H14O4S2. The first-order chi connectivity index (χ1) is 10.8. The number of ether oxygens (including phenoxy) is 2. The average molecular weight is 334 g/mol. The zero-order valence-electron chi connectivity index (χ0n) is 11.6. The van der Waals surface area contributed by atoms with Gasteiger partial charge in [-0.25, -0.2) is 9.59 Å². The van der Waals surface area contributed by atoms with Crippen molar-refractivity contribution in [3.63, 3.8) is 0 Å². The van der Waals surface area contributed by atoms with Crippen LogP contribution in [0.4, 0.5) is 0 Å². The predicted octanol–water partition coefficient (Wildman–Crippen LogP) is 4.00. The Bertz CT molecular complexity index is 547. The third-order valence-electron chi connectivity index (χ3n) is 2.58. The highest BCUT2D eigenvalue weighted by molar-refractivity contribution is 8.76. The topological polar surface area (TPSA) is 52.6 Å². The van der Waals surface area contributed by atoms with Crippen molar-refractivity contribution >= 4 is 33.5 Å². The number of hydrogen-bond donors (Lipinski definition) is 0. The number of carbonyl (C=O) groups excluding carboxylic acids is 2. The van der Waals surface area contributed by atoms with Crippen LogP contribution in [0.5, 0.6) is 0 Å². The Morgan fingerprint density at radius 3 is 1.41 bits per heavy atom. The molecule has 0 aliphatic rings. The van der Waals surface area contributed by atoms with Gasteiger partial charge in [0, 0.05) is 0 Å². The van der Waals surface area contributed by atoms with Gasteiger partial charge in [-0.15, -0.1) is 0 Å². The molecule has 0 unspecified atom stereocenters. The Balaban J connectivity index is 1.58. The fraction of sp³-hybridized carbons (Fsp3) is 0.125. The quantitative estimate of drug-likeness (QED) is 0.330. The van der Waals surface area contributed by atoms with E-state index in [1.54, 1.807) is 48.5 Å². The summed E-state index contributed by atoms with van der Waals surface area (Å²) in [6.07, 6.45) is 0. The van der Waals surface area contributed by atoms with Crippen molar-refractivity contribution in [2.24, 2.45) is 0 Å². The van der Waals surface area contributed by atoms with Crippen LogP contribution in [-0.2, 0) is 9.47 Å². The van der Waals surface area contributed by atoms with Crippen LogP contribution in [-0.4, -0.2) is 23.8 Å². The van der Waals surface area contributed by atoms with E-state index in [0.29, 0.717) is 11.1 Å². The van der Waals surface area contributed by atoms with Crippen molar-refractivity contribution in [1.29, 1.82) is 0 Å². The van der Waals surface area contributed by atoms with Crippen molar-refractivity contribution in [1.82, 2.24) is 0 Å². The molecule has 0 aliphatic carbocycles. The summed E-state index contributed by atoms with van der Waals surface area (Å²) in [6.45, 7) is 0. The fourth-order valence-electron chi connectivity index (χ4n) is 1.54. The summed E-state index contributed by atoms with van der Waals surface area (Å²) in [5, 5.41) is 0. The molecular weight excluding hydrogens is 320 g/mol. The van der Waals surface area contributed by atoms with Crippen molar-refractivity contribution in [2.75, 3.05) is 11.9 Å². The van der Waals surface area contributed by atoms with E-state index in [-0.39, 0.29) is 23.8 Å². The Morgan fingerprint density at radius 1 is 0.682 bits per heavy atom. The fourth-order valence-corrected chi connectivity index (χ4v) is 2.68. The van der Waals surface area contributed by atoms with Crippen LogP contribution in [0.2, 0.25) is 0 Å². The maximum Gasteiger partial charge on any atom is 0.338 e.